The van der Waals surface area contributed by atoms with Gasteiger partial charge in [0.25, 0.3) is 0 Å². The molecule has 1 aromatic rings. The highest BCUT2D eigenvalue weighted by molar-refractivity contribution is 5.47. The monoisotopic (exact) mass is 211 g/mol. The lowest BCUT2D eigenvalue weighted by Gasteiger charge is -2.22. The van der Waals surface area contributed by atoms with Gasteiger partial charge in [-0.3, -0.25) is 0 Å². The molecule has 0 heterocycles. The SMILES string of the molecule is Cc1ccc(F)c(NCC(C)(C)CO)c1. The Kier molecular flexibility index (Phi) is 3.69. The van der Waals surface area contributed by atoms with Crippen molar-refractivity contribution in [2.75, 3.05) is 18.5 Å². The Morgan fingerprint density at radius 2 is 2.07 bits per heavy atom. The summed E-state index contributed by atoms with van der Waals surface area (Å²) in [7, 11) is 0. The van der Waals surface area contributed by atoms with Crippen LogP contribution < -0.4 is 5.32 Å². The summed E-state index contributed by atoms with van der Waals surface area (Å²) < 4.78 is 13.3. The van der Waals surface area contributed by atoms with Crippen LogP contribution in [0.15, 0.2) is 18.2 Å². The van der Waals surface area contributed by atoms with E-state index in [-0.39, 0.29) is 17.8 Å². The molecule has 1 rings (SSSR count). The number of hydrogen-bond donors (Lipinski definition) is 2. The molecule has 0 amide bonds. The first-order valence-corrected chi connectivity index (χ1v) is 5.05. The molecule has 2 N–H and O–H groups in total. The minimum atomic E-state index is -0.255. The van der Waals surface area contributed by atoms with Crippen LogP contribution in [0, 0.1) is 18.2 Å². The second-order valence-corrected chi connectivity index (χ2v) is 4.66. The molecular weight excluding hydrogens is 193 g/mol. The predicted molar refractivity (Wildman–Crippen MR) is 60.5 cm³/mol. The molecular formula is C12H18FNO. The van der Waals surface area contributed by atoms with Crippen molar-refractivity contribution in [2.24, 2.45) is 5.41 Å². The van der Waals surface area contributed by atoms with Crippen molar-refractivity contribution in [3.8, 4) is 0 Å². The van der Waals surface area contributed by atoms with Gasteiger partial charge in [0, 0.05) is 18.6 Å². The number of aryl methyl sites for hydroxylation is 1. The molecule has 0 atom stereocenters. The normalized spacial score (nSPS) is 11.5. The zero-order valence-corrected chi connectivity index (χ0v) is 9.47. The molecule has 0 unspecified atom stereocenters. The number of aliphatic hydroxyl groups is 1. The first-order chi connectivity index (χ1) is 6.94. The highest BCUT2D eigenvalue weighted by Crippen LogP contribution is 2.19. The van der Waals surface area contributed by atoms with Crippen molar-refractivity contribution in [1.29, 1.82) is 0 Å². The van der Waals surface area contributed by atoms with E-state index in [0.29, 0.717) is 12.2 Å². The van der Waals surface area contributed by atoms with Gasteiger partial charge in [0.15, 0.2) is 0 Å². The van der Waals surface area contributed by atoms with E-state index in [1.165, 1.54) is 6.07 Å². The van der Waals surface area contributed by atoms with E-state index < -0.39 is 0 Å². The zero-order chi connectivity index (χ0) is 11.5. The fourth-order valence-corrected chi connectivity index (χ4v) is 1.16. The highest BCUT2D eigenvalue weighted by Gasteiger charge is 2.16. The molecule has 15 heavy (non-hydrogen) atoms. The Balaban J connectivity index is 2.69. The Morgan fingerprint density at radius 3 is 2.67 bits per heavy atom. The topological polar surface area (TPSA) is 32.3 Å². The van der Waals surface area contributed by atoms with Crippen molar-refractivity contribution >= 4 is 5.69 Å². The summed E-state index contributed by atoms with van der Waals surface area (Å²) in [5.41, 5.74) is 1.27. The third-order valence-electron chi connectivity index (χ3n) is 2.31. The average molecular weight is 211 g/mol. The van der Waals surface area contributed by atoms with Crippen molar-refractivity contribution < 1.29 is 9.50 Å². The van der Waals surface area contributed by atoms with Crippen LogP contribution in [-0.2, 0) is 0 Å². The van der Waals surface area contributed by atoms with Gasteiger partial charge < -0.3 is 10.4 Å². The average Bonchev–Trinajstić information content (AvgIpc) is 2.20. The fourth-order valence-electron chi connectivity index (χ4n) is 1.16. The molecule has 84 valence electrons. The molecule has 0 spiro atoms. The quantitative estimate of drug-likeness (QED) is 0.802. The van der Waals surface area contributed by atoms with E-state index in [1.54, 1.807) is 12.1 Å². The smallest absolute Gasteiger partial charge is 0.146 e. The molecule has 0 bridgehead atoms. The van der Waals surface area contributed by atoms with Gasteiger partial charge in [-0.15, -0.1) is 0 Å². The zero-order valence-electron chi connectivity index (χ0n) is 9.47. The van der Waals surface area contributed by atoms with Crippen LogP contribution in [0.3, 0.4) is 0 Å². The summed E-state index contributed by atoms with van der Waals surface area (Å²) in [4.78, 5) is 0. The van der Waals surface area contributed by atoms with E-state index in [9.17, 15) is 4.39 Å². The maximum absolute atomic E-state index is 13.3. The molecule has 0 aliphatic heterocycles. The van der Waals surface area contributed by atoms with Gasteiger partial charge in [-0.05, 0) is 24.6 Å². The first kappa shape index (κ1) is 12.0. The standard InChI is InChI=1S/C12H18FNO/c1-9-4-5-10(13)11(6-9)14-7-12(2,3)8-15/h4-6,14-15H,7-8H2,1-3H3. The van der Waals surface area contributed by atoms with Gasteiger partial charge in [0.05, 0.1) is 5.69 Å². The molecule has 2 nitrogen and oxygen atoms in total. The van der Waals surface area contributed by atoms with Crippen LogP contribution in [0.4, 0.5) is 10.1 Å². The highest BCUT2D eigenvalue weighted by atomic mass is 19.1. The molecule has 0 fully saturated rings. The second-order valence-electron chi connectivity index (χ2n) is 4.66. The second kappa shape index (κ2) is 4.62. The Hall–Kier alpha value is -1.09. The lowest BCUT2D eigenvalue weighted by Crippen LogP contribution is -2.27. The lowest BCUT2D eigenvalue weighted by molar-refractivity contribution is 0.170. The van der Waals surface area contributed by atoms with Crippen molar-refractivity contribution in [3.63, 3.8) is 0 Å². The third kappa shape index (κ3) is 3.51. The number of rotatable bonds is 4. The minimum Gasteiger partial charge on any atom is -0.396 e. The number of halogens is 1. The van der Waals surface area contributed by atoms with Crippen LogP contribution in [0.1, 0.15) is 19.4 Å². The van der Waals surface area contributed by atoms with Gasteiger partial charge in [-0.2, -0.15) is 0 Å². The van der Waals surface area contributed by atoms with Crippen LogP contribution in [0.5, 0.6) is 0 Å². The maximum Gasteiger partial charge on any atom is 0.146 e. The summed E-state index contributed by atoms with van der Waals surface area (Å²) in [5.74, 6) is -0.255. The minimum absolute atomic E-state index is 0.0768. The largest absolute Gasteiger partial charge is 0.396 e. The van der Waals surface area contributed by atoms with E-state index in [1.807, 2.05) is 20.8 Å². The molecule has 0 saturated heterocycles. The molecule has 0 aliphatic carbocycles. The molecule has 0 saturated carbocycles. The maximum atomic E-state index is 13.3. The van der Waals surface area contributed by atoms with Gasteiger partial charge in [-0.25, -0.2) is 4.39 Å². The summed E-state index contributed by atoms with van der Waals surface area (Å²) in [6.07, 6.45) is 0. The number of anilines is 1. The molecule has 3 heteroatoms. The predicted octanol–water partition coefficient (Wildman–Crippen LogP) is 2.56. The van der Waals surface area contributed by atoms with Gasteiger partial charge in [0.1, 0.15) is 5.82 Å². The molecule has 0 radical (unpaired) electrons. The Bertz CT molecular complexity index is 336. The van der Waals surface area contributed by atoms with Gasteiger partial charge in [-0.1, -0.05) is 19.9 Å². The third-order valence-corrected chi connectivity index (χ3v) is 2.31. The van der Waals surface area contributed by atoms with E-state index in [4.69, 9.17) is 5.11 Å². The molecule has 0 aromatic heterocycles. The van der Waals surface area contributed by atoms with E-state index in [2.05, 4.69) is 5.32 Å². The summed E-state index contributed by atoms with van der Waals surface area (Å²) >= 11 is 0. The van der Waals surface area contributed by atoms with E-state index in [0.717, 1.165) is 5.56 Å². The molecule has 0 aliphatic rings. The fraction of sp³-hybridized carbons (Fsp3) is 0.500. The Morgan fingerprint density at radius 1 is 1.40 bits per heavy atom. The summed E-state index contributed by atoms with van der Waals surface area (Å²) in [5, 5.41) is 12.1. The van der Waals surface area contributed by atoms with Crippen LogP contribution in [-0.4, -0.2) is 18.3 Å². The van der Waals surface area contributed by atoms with Crippen molar-refractivity contribution in [1.82, 2.24) is 0 Å². The number of aliphatic hydroxyl groups excluding tert-OH is 1. The van der Waals surface area contributed by atoms with E-state index >= 15 is 0 Å². The molecule has 1 aromatic carbocycles. The Labute approximate surface area is 90.1 Å². The summed E-state index contributed by atoms with van der Waals surface area (Å²) in [6.45, 7) is 6.39. The van der Waals surface area contributed by atoms with Gasteiger partial charge >= 0.3 is 0 Å². The van der Waals surface area contributed by atoms with Crippen LogP contribution in [0.2, 0.25) is 0 Å². The number of nitrogens with one attached hydrogen (secondary N) is 1. The number of benzene rings is 1. The summed E-state index contributed by atoms with van der Waals surface area (Å²) in [6, 6.07) is 4.95. The van der Waals surface area contributed by atoms with Crippen molar-refractivity contribution in [3.05, 3.63) is 29.6 Å². The van der Waals surface area contributed by atoms with Crippen molar-refractivity contribution in [2.45, 2.75) is 20.8 Å². The lowest BCUT2D eigenvalue weighted by atomic mass is 9.95. The first-order valence-electron chi connectivity index (χ1n) is 5.05. The van der Waals surface area contributed by atoms with Crippen LogP contribution in [0.25, 0.3) is 0 Å². The van der Waals surface area contributed by atoms with Gasteiger partial charge in [0.2, 0.25) is 0 Å². The van der Waals surface area contributed by atoms with Crippen LogP contribution >= 0.6 is 0 Å². The number of hydrogen-bond acceptors (Lipinski definition) is 2.